The number of aryl methyl sites for hydroxylation is 2. The predicted octanol–water partition coefficient (Wildman–Crippen LogP) is 4.11. The standard InChI is InChI=1S/C17H17NO/c1-13-6-8-15(9-7-13)17(19)10-11-18-16-5-3-4-14(2)12-16/h3-12,18H,1-2H3/b11-10-. The van der Waals surface area contributed by atoms with Gasteiger partial charge in [-0.2, -0.15) is 0 Å². The summed E-state index contributed by atoms with van der Waals surface area (Å²) in [5.41, 5.74) is 4.02. The van der Waals surface area contributed by atoms with Gasteiger partial charge < -0.3 is 5.32 Å². The average molecular weight is 251 g/mol. The Morgan fingerprint density at radius 3 is 2.42 bits per heavy atom. The third-order valence-corrected chi connectivity index (χ3v) is 2.84. The van der Waals surface area contributed by atoms with Crippen LogP contribution in [0.15, 0.2) is 60.8 Å². The lowest BCUT2D eigenvalue weighted by Crippen LogP contribution is -1.96. The third kappa shape index (κ3) is 3.81. The first-order valence-corrected chi connectivity index (χ1v) is 6.26. The lowest BCUT2D eigenvalue weighted by molar-refractivity contribution is 0.104. The largest absolute Gasteiger partial charge is 0.362 e. The molecule has 0 saturated heterocycles. The number of hydrogen-bond acceptors (Lipinski definition) is 2. The summed E-state index contributed by atoms with van der Waals surface area (Å²) >= 11 is 0. The maximum absolute atomic E-state index is 11.9. The first kappa shape index (κ1) is 13.1. The van der Waals surface area contributed by atoms with Crippen LogP contribution in [-0.2, 0) is 0 Å². The number of anilines is 1. The van der Waals surface area contributed by atoms with Crippen LogP contribution >= 0.6 is 0 Å². The van der Waals surface area contributed by atoms with Crippen LogP contribution in [0.4, 0.5) is 5.69 Å². The van der Waals surface area contributed by atoms with Crippen molar-refractivity contribution in [1.82, 2.24) is 0 Å². The smallest absolute Gasteiger partial charge is 0.187 e. The molecule has 0 fully saturated rings. The van der Waals surface area contributed by atoms with Crippen molar-refractivity contribution in [2.24, 2.45) is 0 Å². The van der Waals surface area contributed by atoms with Crippen LogP contribution in [0.3, 0.4) is 0 Å². The molecule has 96 valence electrons. The van der Waals surface area contributed by atoms with Crippen LogP contribution in [0.25, 0.3) is 0 Å². The summed E-state index contributed by atoms with van der Waals surface area (Å²) in [5, 5.41) is 3.10. The van der Waals surface area contributed by atoms with Gasteiger partial charge in [-0.3, -0.25) is 4.79 Å². The molecular weight excluding hydrogens is 234 g/mol. The summed E-state index contributed by atoms with van der Waals surface area (Å²) in [5.74, 6) is 0.000142. The predicted molar refractivity (Wildman–Crippen MR) is 79.5 cm³/mol. The quantitative estimate of drug-likeness (QED) is 0.654. The minimum absolute atomic E-state index is 0.000142. The van der Waals surface area contributed by atoms with Crippen molar-refractivity contribution in [2.75, 3.05) is 5.32 Å². The van der Waals surface area contributed by atoms with Gasteiger partial charge in [0.05, 0.1) is 0 Å². The second kappa shape index (κ2) is 6.01. The van der Waals surface area contributed by atoms with Crippen LogP contribution in [0.1, 0.15) is 21.5 Å². The van der Waals surface area contributed by atoms with Crippen molar-refractivity contribution >= 4 is 11.5 Å². The molecule has 0 bridgehead atoms. The second-order valence-corrected chi connectivity index (χ2v) is 4.58. The number of ketones is 1. The van der Waals surface area contributed by atoms with Gasteiger partial charge in [0.1, 0.15) is 0 Å². The van der Waals surface area contributed by atoms with Crippen molar-refractivity contribution in [3.63, 3.8) is 0 Å². The minimum Gasteiger partial charge on any atom is -0.362 e. The zero-order valence-electron chi connectivity index (χ0n) is 11.2. The lowest BCUT2D eigenvalue weighted by Gasteiger charge is -2.01. The molecule has 0 unspecified atom stereocenters. The summed E-state index contributed by atoms with van der Waals surface area (Å²) in [6, 6.07) is 15.6. The molecule has 0 aliphatic rings. The fraction of sp³-hybridized carbons (Fsp3) is 0.118. The molecule has 2 aromatic carbocycles. The first-order chi connectivity index (χ1) is 9.15. The van der Waals surface area contributed by atoms with Crippen molar-refractivity contribution < 1.29 is 4.79 Å². The Hall–Kier alpha value is -2.35. The van der Waals surface area contributed by atoms with E-state index in [1.165, 1.54) is 5.56 Å². The van der Waals surface area contributed by atoms with Crippen LogP contribution in [0.5, 0.6) is 0 Å². The SMILES string of the molecule is Cc1ccc(C(=O)/C=C\Nc2cccc(C)c2)cc1. The Morgan fingerprint density at radius 2 is 1.74 bits per heavy atom. The molecule has 0 heterocycles. The highest BCUT2D eigenvalue weighted by Crippen LogP contribution is 2.09. The van der Waals surface area contributed by atoms with E-state index in [-0.39, 0.29) is 5.78 Å². The molecule has 2 rings (SSSR count). The number of carbonyl (C=O) groups excluding carboxylic acids is 1. The molecule has 0 aliphatic heterocycles. The van der Waals surface area contributed by atoms with Gasteiger partial charge in [-0.25, -0.2) is 0 Å². The summed E-state index contributed by atoms with van der Waals surface area (Å²) in [6.45, 7) is 4.04. The van der Waals surface area contributed by atoms with E-state index in [0.29, 0.717) is 5.56 Å². The molecule has 2 heteroatoms. The molecule has 19 heavy (non-hydrogen) atoms. The number of rotatable bonds is 4. The first-order valence-electron chi connectivity index (χ1n) is 6.26. The molecule has 0 radical (unpaired) electrons. The van der Waals surface area contributed by atoms with Crippen LogP contribution in [0, 0.1) is 13.8 Å². The van der Waals surface area contributed by atoms with E-state index in [0.717, 1.165) is 11.3 Å². The Bertz CT molecular complexity index is 597. The Balaban J connectivity index is 1.99. The van der Waals surface area contributed by atoms with Crippen molar-refractivity contribution in [2.45, 2.75) is 13.8 Å². The fourth-order valence-electron chi connectivity index (χ4n) is 1.76. The molecule has 0 spiro atoms. The van der Waals surface area contributed by atoms with Gasteiger partial charge in [-0.1, -0.05) is 42.0 Å². The molecule has 2 aromatic rings. The highest BCUT2D eigenvalue weighted by Gasteiger charge is 1.99. The van der Waals surface area contributed by atoms with E-state index in [1.807, 2.05) is 62.4 Å². The van der Waals surface area contributed by atoms with Gasteiger partial charge in [0, 0.05) is 23.5 Å². The summed E-state index contributed by atoms with van der Waals surface area (Å²) < 4.78 is 0. The Kier molecular flexibility index (Phi) is 4.14. The zero-order valence-corrected chi connectivity index (χ0v) is 11.2. The highest BCUT2D eigenvalue weighted by atomic mass is 16.1. The Labute approximate surface area is 113 Å². The van der Waals surface area contributed by atoms with Gasteiger partial charge in [-0.15, -0.1) is 0 Å². The van der Waals surface area contributed by atoms with E-state index in [9.17, 15) is 4.79 Å². The van der Waals surface area contributed by atoms with E-state index >= 15 is 0 Å². The minimum atomic E-state index is 0.000142. The molecular formula is C17H17NO. The molecule has 0 aromatic heterocycles. The van der Waals surface area contributed by atoms with Crippen LogP contribution in [0.2, 0.25) is 0 Å². The summed E-state index contributed by atoms with van der Waals surface area (Å²) in [7, 11) is 0. The monoisotopic (exact) mass is 251 g/mol. The number of allylic oxidation sites excluding steroid dienone is 1. The van der Waals surface area contributed by atoms with Gasteiger partial charge in [0.15, 0.2) is 5.78 Å². The van der Waals surface area contributed by atoms with Gasteiger partial charge >= 0.3 is 0 Å². The third-order valence-electron chi connectivity index (χ3n) is 2.84. The van der Waals surface area contributed by atoms with Crippen LogP contribution < -0.4 is 5.32 Å². The summed E-state index contributed by atoms with van der Waals surface area (Å²) in [4.78, 5) is 11.9. The molecule has 1 N–H and O–H groups in total. The molecule has 0 saturated carbocycles. The van der Waals surface area contributed by atoms with Crippen LogP contribution in [-0.4, -0.2) is 5.78 Å². The highest BCUT2D eigenvalue weighted by molar-refractivity contribution is 6.04. The topological polar surface area (TPSA) is 29.1 Å². The van der Waals surface area contributed by atoms with Crippen molar-refractivity contribution in [3.05, 3.63) is 77.5 Å². The Morgan fingerprint density at radius 1 is 1.00 bits per heavy atom. The summed E-state index contributed by atoms with van der Waals surface area (Å²) in [6.07, 6.45) is 3.23. The molecule has 0 atom stereocenters. The second-order valence-electron chi connectivity index (χ2n) is 4.58. The van der Waals surface area contributed by atoms with Crippen molar-refractivity contribution in [3.8, 4) is 0 Å². The number of hydrogen-bond donors (Lipinski definition) is 1. The molecule has 0 amide bonds. The van der Waals surface area contributed by atoms with E-state index in [1.54, 1.807) is 12.3 Å². The maximum Gasteiger partial charge on any atom is 0.187 e. The van der Waals surface area contributed by atoms with Crippen molar-refractivity contribution in [1.29, 1.82) is 0 Å². The normalized spacial score (nSPS) is 10.6. The molecule has 0 aliphatic carbocycles. The van der Waals surface area contributed by atoms with Gasteiger partial charge in [0.2, 0.25) is 0 Å². The lowest BCUT2D eigenvalue weighted by atomic mass is 10.1. The number of benzene rings is 2. The zero-order chi connectivity index (χ0) is 13.7. The molecule has 2 nitrogen and oxygen atoms in total. The number of carbonyl (C=O) groups is 1. The number of nitrogens with one attached hydrogen (secondary N) is 1. The van der Waals surface area contributed by atoms with Gasteiger partial charge in [-0.05, 0) is 31.5 Å². The van der Waals surface area contributed by atoms with Gasteiger partial charge in [0.25, 0.3) is 0 Å². The average Bonchev–Trinajstić information content (AvgIpc) is 2.39. The van der Waals surface area contributed by atoms with E-state index < -0.39 is 0 Å². The van der Waals surface area contributed by atoms with E-state index in [2.05, 4.69) is 5.32 Å². The van der Waals surface area contributed by atoms with E-state index in [4.69, 9.17) is 0 Å². The fourth-order valence-corrected chi connectivity index (χ4v) is 1.76. The maximum atomic E-state index is 11.9.